The van der Waals surface area contributed by atoms with Gasteiger partial charge < -0.3 is 10.0 Å². The van der Waals surface area contributed by atoms with Gasteiger partial charge in [-0.3, -0.25) is 4.79 Å². The average Bonchev–Trinajstić information content (AvgIpc) is 2.69. The largest absolute Gasteiger partial charge is 0.479 e. The second-order valence-electron chi connectivity index (χ2n) is 5.94. The number of aliphatic carboxylic acids is 1. The Morgan fingerprint density at radius 2 is 1.27 bits per heavy atom. The van der Waals surface area contributed by atoms with Crippen LogP contribution < -0.4 is 0 Å². The maximum atomic E-state index is 13.1. The fourth-order valence-electron chi connectivity index (χ4n) is 2.90. The second kappa shape index (κ2) is 8.12. The van der Waals surface area contributed by atoms with Crippen LogP contribution in [0.3, 0.4) is 0 Å². The van der Waals surface area contributed by atoms with Crippen molar-refractivity contribution < 1.29 is 14.7 Å². The summed E-state index contributed by atoms with van der Waals surface area (Å²) in [5, 5.41) is 9.88. The number of nitrogens with zero attached hydrogens (tertiary/aromatic N) is 1. The molecule has 0 aliphatic carbocycles. The van der Waals surface area contributed by atoms with Gasteiger partial charge in [-0.25, -0.2) is 4.79 Å². The fraction of sp³-hybridized carbons (Fsp3) is 0.0909. The summed E-state index contributed by atoms with van der Waals surface area (Å²) in [6, 6.07) is 25.9. The van der Waals surface area contributed by atoms with E-state index in [1.165, 1.54) is 4.90 Å². The van der Waals surface area contributed by atoms with Crippen LogP contribution in [0.4, 0.5) is 0 Å². The third-order valence-electron chi connectivity index (χ3n) is 4.14. The van der Waals surface area contributed by atoms with E-state index >= 15 is 0 Å². The molecule has 4 nitrogen and oxygen atoms in total. The van der Waals surface area contributed by atoms with Crippen LogP contribution in [0.1, 0.15) is 27.5 Å². The number of amides is 1. The molecule has 0 saturated carbocycles. The SMILES string of the molecule is O=C(O)[C@@H](c1ccccc1)N(Cc1ccccc1)C(=O)c1ccccc1. The number of hydrogen-bond acceptors (Lipinski definition) is 2. The summed E-state index contributed by atoms with van der Waals surface area (Å²) in [4.78, 5) is 26.6. The highest BCUT2D eigenvalue weighted by Crippen LogP contribution is 2.25. The molecular formula is C22H19NO3. The van der Waals surface area contributed by atoms with Gasteiger partial charge in [-0.2, -0.15) is 0 Å². The van der Waals surface area contributed by atoms with Crippen molar-refractivity contribution >= 4 is 11.9 Å². The Kier molecular flexibility index (Phi) is 5.44. The molecule has 1 atom stereocenters. The highest BCUT2D eigenvalue weighted by atomic mass is 16.4. The van der Waals surface area contributed by atoms with E-state index in [-0.39, 0.29) is 12.5 Å². The molecule has 26 heavy (non-hydrogen) atoms. The Hall–Kier alpha value is -3.40. The first kappa shape index (κ1) is 17.4. The van der Waals surface area contributed by atoms with Crippen LogP contribution in [0.25, 0.3) is 0 Å². The lowest BCUT2D eigenvalue weighted by molar-refractivity contribution is -0.142. The molecule has 0 fully saturated rings. The van der Waals surface area contributed by atoms with Crippen molar-refractivity contribution in [2.24, 2.45) is 0 Å². The molecule has 130 valence electrons. The first-order valence-electron chi connectivity index (χ1n) is 8.34. The van der Waals surface area contributed by atoms with Crippen molar-refractivity contribution in [2.45, 2.75) is 12.6 Å². The Bertz CT molecular complexity index is 864. The fourth-order valence-corrected chi connectivity index (χ4v) is 2.90. The first-order chi connectivity index (χ1) is 12.7. The molecule has 0 spiro atoms. The summed E-state index contributed by atoms with van der Waals surface area (Å²) < 4.78 is 0. The summed E-state index contributed by atoms with van der Waals surface area (Å²) in [5.41, 5.74) is 1.91. The molecule has 0 bridgehead atoms. The van der Waals surface area contributed by atoms with E-state index in [1.54, 1.807) is 48.5 Å². The van der Waals surface area contributed by atoms with Crippen LogP contribution in [0.5, 0.6) is 0 Å². The smallest absolute Gasteiger partial charge is 0.331 e. The van der Waals surface area contributed by atoms with Gasteiger partial charge in [-0.1, -0.05) is 78.9 Å². The number of benzene rings is 3. The number of carboxylic acid groups (broad SMARTS) is 1. The molecule has 0 aromatic heterocycles. The maximum absolute atomic E-state index is 13.1. The maximum Gasteiger partial charge on any atom is 0.331 e. The normalized spacial score (nSPS) is 11.5. The molecule has 0 saturated heterocycles. The number of carbonyl (C=O) groups excluding carboxylic acids is 1. The topological polar surface area (TPSA) is 57.6 Å². The van der Waals surface area contributed by atoms with Gasteiger partial charge in [0, 0.05) is 12.1 Å². The van der Waals surface area contributed by atoms with E-state index in [0.717, 1.165) is 5.56 Å². The predicted octanol–water partition coefficient (Wildman–Crippen LogP) is 4.15. The molecule has 3 aromatic carbocycles. The van der Waals surface area contributed by atoms with Gasteiger partial charge in [0.25, 0.3) is 5.91 Å². The van der Waals surface area contributed by atoms with Gasteiger partial charge >= 0.3 is 5.97 Å². The molecule has 3 aromatic rings. The zero-order valence-corrected chi connectivity index (χ0v) is 14.2. The van der Waals surface area contributed by atoms with Crippen molar-refractivity contribution in [3.8, 4) is 0 Å². The van der Waals surface area contributed by atoms with E-state index in [1.807, 2.05) is 42.5 Å². The summed E-state index contributed by atoms with van der Waals surface area (Å²) in [6.07, 6.45) is 0. The van der Waals surface area contributed by atoms with E-state index in [4.69, 9.17) is 0 Å². The van der Waals surface area contributed by atoms with Crippen molar-refractivity contribution in [3.05, 3.63) is 108 Å². The molecule has 0 aliphatic rings. The lowest BCUT2D eigenvalue weighted by Crippen LogP contribution is -2.38. The molecule has 3 rings (SSSR count). The van der Waals surface area contributed by atoms with E-state index < -0.39 is 12.0 Å². The van der Waals surface area contributed by atoms with Crippen molar-refractivity contribution in [2.75, 3.05) is 0 Å². The van der Waals surface area contributed by atoms with Gasteiger partial charge in [0.1, 0.15) is 0 Å². The standard InChI is InChI=1S/C22H19NO3/c24-21(19-14-8-3-9-15-19)23(16-17-10-4-1-5-11-17)20(22(25)26)18-12-6-2-7-13-18/h1-15,20H,16H2,(H,25,26)/t20-/m1/s1. The van der Waals surface area contributed by atoms with Crippen LogP contribution in [-0.2, 0) is 11.3 Å². The van der Waals surface area contributed by atoms with Crippen molar-refractivity contribution in [1.82, 2.24) is 4.90 Å². The second-order valence-corrected chi connectivity index (χ2v) is 5.94. The Labute approximate surface area is 152 Å². The summed E-state index contributed by atoms with van der Waals surface area (Å²) in [7, 11) is 0. The lowest BCUT2D eigenvalue weighted by atomic mass is 10.0. The van der Waals surface area contributed by atoms with Crippen molar-refractivity contribution in [3.63, 3.8) is 0 Å². The van der Waals surface area contributed by atoms with Gasteiger partial charge in [0.15, 0.2) is 6.04 Å². The Morgan fingerprint density at radius 3 is 1.81 bits per heavy atom. The van der Waals surface area contributed by atoms with Crippen LogP contribution in [0.15, 0.2) is 91.0 Å². The van der Waals surface area contributed by atoms with Gasteiger partial charge in [-0.05, 0) is 23.3 Å². The number of hydrogen-bond donors (Lipinski definition) is 1. The molecule has 1 N–H and O–H groups in total. The third-order valence-corrected chi connectivity index (χ3v) is 4.14. The molecule has 0 heterocycles. The summed E-state index contributed by atoms with van der Waals surface area (Å²) >= 11 is 0. The van der Waals surface area contributed by atoms with Crippen LogP contribution >= 0.6 is 0 Å². The number of carboxylic acids is 1. The third kappa shape index (κ3) is 3.98. The van der Waals surface area contributed by atoms with E-state index in [0.29, 0.717) is 11.1 Å². The number of carbonyl (C=O) groups is 2. The Balaban J connectivity index is 2.03. The molecule has 4 heteroatoms. The quantitative estimate of drug-likeness (QED) is 0.730. The molecular weight excluding hydrogens is 326 g/mol. The van der Waals surface area contributed by atoms with E-state index in [9.17, 15) is 14.7 Å². The first-order valence-corrected chi connectivity index (χ1v) is 8.34. The molecule has 0 radical (unpaired) electrons. The van der Waals surface area contributed by atoms with Gasteiger partial charge in [-0.15, -0.1) is 0 Å². The van der Waals surface area contributed by atoms with Gasteiger partial charge in [0.05, 0.1) is 0 Å². The minimum absolute atomic E-state index is 0.209. The minimum Gasteiger partial charge on any atom is -0.479 e. The van der Waals surface area contributed by atoms with E-state index in [2.05, 4.69) is 0 Å². The zero-order valence-electron chi connectivity index (χ0n) is 14.2. The zero-order chi connectivity index (χ0) is 18.4. The molecule has 1 amide bonds. The Morgan fingerprint density at radius 1 is 0.769 bits per heavy atom. The summed E-state index contributed by atoms with van der Waals surface area (Å²) in [6.45, 7) is 0.209. The van der Waals surface area contributed by atoms with Crippen LogP contribution in [0, 0.1) is 0 Å². The van der Waals surface area contributed by atoms with Crippen molar-refractivity contribution in [1.29, 1.82) is 0 Å². The summed E-state index contributed by atoms with van der Waals surface area (Å²) in [5.74, 6) is -1.37. The molecule has 0 unspecified atom stereocenters. The van der Waals surface area contributed by atoms with Crippen LogP contribution in [0.2, 0.25) is 0 Å². The lowest BCUT2D eigenvalue weighted by Gasteiger charge is -2.29. The van der Waals surface area contributed by atoms with Crippen LogP contribution in [-0.4, -0.2) is 21.9 Å². The predicted molar refractivity (Wildman–Crippen MR) is 99.6 cm³/mol. The number of rotatable bonds is 6. The monoisotopic (exact) mass is 345 g/mol. The highest BCUT2D eigenvalue weighted by Gasteiger charge is 2.31. The minimum atomic E-state index is -1.07. The average molecular weight is 345 g/mol. The highest BCUT2D eigenvalue weighted by molar-refractivity contribution is 5.96. The van der Waals surface area contributed by atoms with Gasteiger partial charge in [0.2, 0.25) is 0 Å². The molecule has 0 aliphatic heterocycles.